The largest absolute Gasteiger partial charge is 0.462 e. The fraction of sp³-hybridized carbons (Fsp3) is 0.250. The van der Waals surface area contributed by atoms with E-state index in [4.69, 9.17) is 9.47 Å². The number of anilines is 1. The number of thioether (sulfide) groups is 1. The number of esters is 2. The van der Waals surface area contributed by atoms with E-state index in [-0.39, 0.29) is 19.8 Å². The van der Waals surface area contributed by atoms with E-state index in [1.54, 1.807) is 30.8 Å². The first-order valence-electron chi connectivity index (χ1n) is 10.6. The van der Waals surface area contributed by atoms with Crippen LogP contribution in [0.15, 0.2) is 64.7 Å². The first kappa shape index (κ1) is 23.4. The molecule has 0 bridgehead atoms. The number of hydrogen-bond acceptors (Lipinski definition) is 7. The Morgan fingerprint density at radius 3 is 2.50 bits per heavy atom. The van der Waals surface area contributed by atoms with Gasteiger partial charge in [0.15, 0.2) is 0 Å². The highest BCUT2D eigenvalue weighted by Crippen LogP contribution is 2.35. The van der Waals surface area contributed by atoms with Gasteiger partial charge in [0.05, 0.1) is 29.5 Å². The highest BCUT2D eigenvalue weighted by Gasteiger charge is 2.42. The van der Waals surface area contributed by atoms with Crippen molar-refractivity contribution in [1.82, 2.24) is 10.2 Å². The molecule has 10 heteroatoms. The van der Waals surface area contributed by atoms with Crippen LogP contribution in [0.2, 0.25) is 0 Å². The Labute approximate surface area is 200 Å². The van der Waals surface area contributed by atoms with Crippen molar-refractivity contribution in [1.29, 1.82) is 0 Å². The van der Waals surface area contributed by atoms with Crippen molar-refractivity contribution < 1.29 is 28.7 Å². The Morgan fingerprint density at radius 2 is 1.85 bits per heavy atom. The Bertz CT molecular complexity index is 1160. The molecule has 2 heterocycles. The zero-order valence-electron chi connectivity index (χ0n) is 18.6. The molecule has 1 unspecified atom stereocenters. The van der Waals surface area contributed by atoms with Crippen LogP contribution in [0.1, 0.15) is 28.9 Å². The highest BCUT2D eigenvalue weighted by atomic mass is 32.2. The van der Waals surface area contributed by atoms with Crippen LogP contribution in [-0.2, 0) is 19.1 Å². The maximum atomic E-state index is 12.9. The number of amides is 3. The summed E-state index contributed by atoms with van der Waals surface area (Å²) in [6.07, 6.45) is 1.96. The van der Waals surface area contributed by atoms with Gasteiger partial charge in [0, 0.05) is 10.6 Å². The van der Waals surface area contributed by atoms with Gasteiger partial charge in [-0.2, -0.15) is 0 Å². The Morgan fingerprint density at radius 1 is 1.15 bits per heavy atom. The smallest absolute Gasteiger partial charge is 0.338 e. The minimum absolute atomic E-state index is 0.0809. The molecule has 4 rings (SSSR count). The second kappa shape index (κ2) is 10.0. The second-order valence-corrected chi connectivity index (χ2v) is 8.40. The Kier molecular flexibility index (Phi) is 6.87. The van der Waals surface area contributed by atoms with Gasteiger partial charge in [-0.1, -0.05) is 12.1 Å². The van der Waals surface area contributed by atoms with Gasteiger partial charge < -0.3 is 20.1 Å². The average molecular weight is 482 g/mol. The SMILES string of the molecule is CCOC(=O)c1ccc(NC(=O)CN2C(=O)NC(c3ccc(SC)cc3)C3=C2COC3=O)cc1. The maximum Gasteiger partial charge on any atom is 0.338 e. The number of carbonyl (C=O) groups excluding carboxylic acids is 4. The highest BCUT2D eigenvalue weighted by molar-refractivity contribution is 7.98. The minimum Gasteiger partial charge on any atom is -0.462 e. The first-order valence-corrected chi connectivity index (χ1v) is 11.8. The van der Waals surface area contributed by atoms with Crippen LogP contribution in [0.4, 0.5) is 10.5 Å². The molecule has 0 spiro atoms. The van der Waals surface area contributed by atoms with Gasteiger partial charge in [-0.25, -0.2) is 14.4 Å². The van der Waals surface area contributed by atoms with Gasteiger partial charge in [0.1, 0.15) is 13.2 Å². The van der Waals surface area contributed by atoms with Crippen molar-refractivity contribution in [3.63, 3.8) is 0 Å². The summed E-state index contributed by atoms with van der Waals surface area (Å²) in [5.41, 5.74) is 2.27. The molecular weight excluding hydrogens is 458 g/mol. The fourth-order valence-electron chi connectivity index (χ4n) is 3.77. The number of nitrogens with zero attached hydrogens (tertiary/aromatic N) is 1. The number of urea groups is 1. The molecule has 0 radical (unpaired) electrons. The van der Waals surface area contributed by atoms with E-state index in [2.05, 4.69) is 10.6 Å². The van der Waals surface area contributed by atoms with Crippen LogP contribution in [0.5, 0.6) is 0 Å². The van der Waals surface area contributed by atoms with E-state index in [1.165, 1.54) is 17.0 Å². The van der Waals surface area contributed by atoms with E-state index in [0.29, 0.717) is 22.5 Å². The first-order chi connectivity index (χ1) is 16.4. The van der Waals surface area contributed by atoms with Gasteiger partial charge in [0.25, 0.3) is 0 Å². The molecule has 2 aliphatic heterocycles. The monoisotopic (exact) mass is 481 g/mol. The van der Waals surface area contributed by atoms with Crippen LogP contribution >= 0.6 is 11.8 Å². The van der Waals surface area contributed by atoms with Crippen LogP contribution < -0.4 is 10.6 Å². The molecule has 34 heavy (non-hydrogen) atoms. The molecule has 1 atom stereocenters. The third-order valence-corrected chi connectivity index (χ3v) is 6.17. The average Bonchev–Trinajstić information content (AvgIpc) is 3.23. The molecule has 2 N–H and O–H groups in total. The molecule has 0 aliphatic carbocycles. The summed E-state index contributed by atoms with van der Waals surface area (Å²) in [5.74, 6) is -1.43. The van der Waals surface area contributed by atoms with Crippen molar-refractivity contribution in [2.45, 2.75) is 17.9 Å². The number of hydrogen-bond donors (Lipinski definition) is 2. The number of nitrogens with one attached hydrogen (secondary N) is 2. The molecular formula is C24H23N3O6S. The lowest BCUT2D eigenvalue weighted by Gasteiger charge is -2.32. The van der Waals surface area contributed by atoms with Crippen molar-refractivity contribution in [3.8, 4) is 0 Å². The van der Waals surface area contributed by atoms with E-state index >= 15 is 0 Å². The lowest BCUT2D eigenvalue weighted by Crippen LogP contribution is -2.49. The lowest BCUT2D eigenvalue weighted by atomic mass is 9.96. The summed E-state index contributed by atoms with van der Waals surface area (Å²) < 4.78 is 10.1. The summed E-state index contributed by atoms with van der Waals surface area (Å²) in [4.78, 5) is 52.1. The van der Waals surface area contributed by atoms with Crippen molar-refractivity contribution in [2.24, 2.45) is 0 Å². The molecule has 2 aromatic rings. The molecule has 0 saturated carbocycles. The lowest BCUT2D eigenvalue weighted by molar-refractivity contribution is -0.136. The molecule has 2 aromatic carbocycles. The van der Waals surface area contributed by atoms with E-state index < -0.39 is 29.9 Å². The zero-order valence-corrected chi connectivity index (χ0v) is 19.4. The molecule has 9 nitrogen and oxygen atoms in total. The zero-order chi connectivity index (χ0) is 24.2. The van der Waals surface area contributed by atoms with Gasteiger partial charge >= 0.3 is 18.0 Å². The molecule has 0 saturated heterocycles. The number of cyclic esters (lactones) is 1. The molecule has 3 amide bonds. The summed E-state index contributed by atoms with van der Waals surface area (Å²) in [5, 5.41) is 5.50. The van der Waals surface area contributed by atoms with Crippen LogP contribution in [0.25, 0.3) is 0 Å². The van der Waals surface area contributed by atoms with Gasteiger partial charge in [-0.3, -0.25) is 9.69 Å². The predicted octanol–water partition coefficient (Wildman–Crippen LogP) is 3.10. The normalized spacial score (nSPS) is 17.1. The standard InChI is InChI=1S/C24H23N3O6S/c1-3-32-22(29)15-4-8-16(9-5-15)25-19(28)12-27-18-13-33-23(30)20(18)21(26-24(27)31)14-6-10-17(34-2)11-7-14/h4-11,21H,3,12-13H2,1-2H3,(H,25,28)(H,26,31). The number of rotatable bonds is 7. The predicted molar refractivity (Wildman–Crippen MR) is 125 cm³/mol. The molecule has 0 fully saturated rings. The Balaban J connectivity index is 1.49. The number of ether oxygens (including phenoxy) is 2. The van der Waals surface area contributed by atoms with E-state index in [1.807, 2.05) is 30.5 Å². The Hall–Kier alpha value is -3.79. The van der Waals surface area contributed by atoms with Crippen LogP contribution in [0.3, 0.4) is 0 Å². The summed E-state index contributed by atoms with van der Waals surface area (Å²) >= 11 is 1.59. The quantitative estimate of drug-likeness (QED) is 0.461. The third kappa shape index (κ3) is 4.76. The molecule has 176 valence electrons. The second-order valence-electron chi connectivity index (χ2n) is 7.52. The third-order valence-electron chi connectivity index (χ3n) is 5.43. The number of carbonyl (C=O) groups is 4. The summed E-state index contributed by atoms with van der Waals surface area (Å²) in [6.45, 7) is 1.60. The molecule has 0 aromatic heterocycles. The van der Waals surface area contributed by atoms with Crippen molar-refractivity contribution in [2.75, 3.05) is 31.3 Å². The number of benzene rings is 2. The fourth-order valence-corrected chi connectivity index (χ4v) is 4.18. The van der Waals surface area contributed by atoms with Gasteiger partial charge in [-0.05, 0) is 55.1 Å². The van der Waals surface area contributed by atoms with E-state index in [9.17, 15) is 19.2 Å². The minimum atomic E-state index is -0.650. The maximum absolute atomic E-state index is 12.9. The van der Waals surface area contributed by atoms with Crippen LogP contribution in [-0.4, -0.2) is 54.8 Å². The van der Waals surface area contributed by atoms with Crippen molar-refractivity contribution in [3.05, 3.63) is 70.9 Å². The van der Waals surface area contributed by atoms with Crippen LogP contribution in [0, 0.1) is 0 Å². The van der Waals surface area contributed by atoms with E-state index in [0.717, 1.165) is 10.5 Å². The summed E-state index contributed by atoms with van der Waals surface area (Å²) in [7, 11) is 0. The topological polar surface area (TPSA) is 114 Å². The van der Waals surface area contributed by atoms with Crippen molar-refractivity contribution >= 4 is 41.3 Å². The molecule has 2 aliphatic rings. The van der Waals surface area contributed by atoms with Gasteiger partial charge in [0.2, 0.25) is 5.91 Å². The summed E-state index contributed by atoms with van der Waals surface area (Å²) in [6, 6.07) is 12.6. The van der Waals surface area contributed by atoms with Gasteiger partial charge in [-0.15, -0.1) is 11.8 Å².